The molecule has 0 radical (unpaired) electrons. The molecule has 1 aromatic carbocycles. The van der Waals surface area contributed by atoms with Gasteiger partial charge in [-0.1, -0.05) is 26.0 Å². The molecule has 3 rings (SSSR count). The average molecular weight is 518 g/mol. The Labute approximate surface area is 201 Å². The number of halogens is 1. The van der Waals surface area contributed by atoms with Gasteiger partial charge in [0.25, 0.3) is 5.91 Å². The number of aromatic nitrogens is 2. The molecule has 2 heterocycles. The zero-order valence-electron chi connectivity index (χ0n) is 19.4. The number of ether oxygens (including phenoxy) is 1. The predicted octanol–water partition coefficient (Wildman–Crippen LogP) is 3.84. The Balaban J connectivity index is 1.80. The summed E-state index contributed by atoms with van der Waals surface area (Å²) in [5.41, 5.74) is 1.30. The van der Waals surface area contributed by atoms with Crippen molar-refractivity contribution in [2.45, 2.75) is 39.7 Å². The Morgan fingerprint density at radius 2 is 1.88 bits per heavy atom. The predicted molar refractivity (Wildman–Crippen MR) is 127 cm³/mol. The van der Waals surface area contributed by atoms with Gasteiger partial charge in [-0.05, 0) is 47.8 Å². The topological polar surface area (TPSA) is 105 Å². The lowest BCUT2D eigenvalue weighted by Gasteiger charge is -2.39. The SMILES string of the molecule is COC(=O)c1c(C(=O)N2CCN(C(=O)Nc3ccccc3Br)C(C)C2)nc(C)nc1C(C)C. The van der Waals surface area contributed by atoms with Gasteiger partial charge in [0.05, 0.1) is 18.5 Å². The molecule has 1 saturated heterocycles. The summed E-state index contributed by atoms with van der Waals surface area (Å²) in [6.07, 6.45) is 0. The monoisotopic (exact) mass is 517 g/mol. The lowest BCUT2D eigenvalue weighted by Crippen LogP contribution is -2.56. The molecule has 9 nitrogen and oxygen atoms in total. The summed E-state index contributed by atoms with van der Waals surface area (Å²) in [6.45, 7) is 8.33. The molecular weight excluding hydrogens is 490 g/mol. The van der Waals surface area contributed by atoms with Crippen molar-refractivity contribution in [1.29, 1.82) is 0 Å². The maximum atomic E-state index is 13.4. The standard InChI is InChI=1S/C23H28BrN5O4/c1-13(2)19-18(22(31)33-5)20(26-15(4)25-19)21(30)28-10-11-29(14(3)12-28)23(32)27-17-9-7-6-8-16(17)24/h6-9,13-14H,10-12H2,1-5H3,(H,27,32). The number of carbonyl (C=O) groups is 3. The molecule has 3 amide bonds. The second-order valence-corrected chi connectivity index (χ2v) is 9.08. The number of piperazine rings is 1. The molecule has 0 spiro atoms. The number of benzene rings is 1. The number of nitrogens with zero attached hydrogens (tertiary/aromatic N) is 4. The third kappa shape index (κ3) is 5.32. The largest absolute Gasteiger partial charge is 0.465 e. The van der Waals surface area contributed by atoms with E-state index in [1.807, 2.05) is 45.0 Å². The fourth-order valence-electron chi connectivity index (χ4n) is 3.81. The number of para-hydroxylation sites is 1. The molecule has 33 heavy (non-hydrogen) atoms. The van der Waals surface area contributed by atoms with Crippen LogP contribution in [0.3, 0.4) is 0 Å². The van der Waals surface area contributed by atoms with Crippen molar-refractivity contribution in [3.63, 3.8) is 0 Å². The van der Waals surface area contributed by atoms with Crippen LogP contribution in [0, 0.1) is 6.92 Å². The molecule has 1 unspecified atom stereocenters. The van der Waals surface area contributed by atoms with Crippen LogP contribution in [-0.4, -0.2) is 70.5 Å². The van der Waals surface area contributed by atoms with Crippen LogP contribution in [-0.2, 0) is 4.74 Å². The first-order valence-electron chi connectivity index (χ1n) is 10.7. The van der Waals surface area contributed by atoms with Gasteiger partial charge in [-0.2, -0.15) is 0 Å². The highest BCUT2D eigenvalue weighted by Gasteiger charge is 2.34. The van der Waals surface area contributed by atoms with Gasteiger partial charge in [0, 0.05) is 30.1 Å². The summed E-state index contributed by atoms with van der Waals surface area (Å²) in [5, 5.41) is 2.90. The van der Waals surface area contributed by atoms with Crippen molar-refractivity contribution in [3.8, 4) is 0 Å². The van der Waals surface area contributed by atoms with Crippen LogP contribution in [0.5, 0.6) is 0 Å². The highest BCUT2D eigenvalue weighted by atomic mass is 79.9. The van der Waals surface area contributed by atoms with Gasteiger partial charge in [0.2, 0.25) is 0 Å². The van der Waals surface area contributed by atoms with Gasteiger partial charge in [-0.3, -0.25) is 4.79 Å². The van der Waals surface area contributed by atoms with Crippen LogP contribution in [0.1, 0.15) is 59.1 Å². The van der Waals surface area contributed by atoms with E-state index in [9.17, 15) is 14.4 Å². The first-order valence-corrected chi connectivity index (χ1v) is 11.5. The maximum Gasteiger partial charge on any atom is 0.342 e. The van der Waals surface area contributed by atoms with Crippen molar-refractivity contribution in [1.82, 2.24) is 19.8 Å². The summed E-state index contributed by atoms with van der Waals surface area (Å²) in [7, 11) is 1.27. The minimum absolute atomic E-state index is 0.0383. The molecule has 176 valence electrons. The third-order valence-electron chi connectivity index (χ3n) is 5.48. The molecule has 1 atom stereocenters. The quantitative estimate of drug-likeness (QED) is 0.617. The summed E-state index contributed by atoms with van der Waals surface area (Å²) in [5.74, 6) is -0.694. The summed E-state index contributed by atoms with van der Waals surface area (Å²) in [6, 6.07) is 6.90. The molecule has 0 saturated carbocycles. The van der Waals surface area contributed by atoms with Gasteiger partial charge < -0.3 is 19.9 Å². The van der Waals surface area contributed by atoms with E-state index in [4.69, 9.17) is 4.74 Å². The van der Waals surface area contributed by atoms with Crippen LogP contribution in [0.15, 0.2) is 28.7 Å². The molecule has 1 N–H and O–H groups in total. The third-order valence-corrected chi connectivity index (χ3v) is 6.17. The number of carbonyl (C=O) groups excluding carboxylic acids is 3. The van der Waals surface area contributed by atoms with E-state index in [1.54, 1.807) is 16.7 Å². The highest BCUT2D eigenvalue weighted by molar-refractivity contribution is 9.10. The Bertz CT molecular complexity index is 1070. The number of rotatable bonds is 4. The van der Waals surface area contributed by atoms with Crippen LogP contribution < -0.4 is 5.32 Å². The fourth-order valence-corrected chi connectivity index (χ4v) is 4.20. The number of esters is 1. The van der Waals surface area contributed by atoms with Crippen molar-refractivity contribution >= 4 is 39.5 Å². The molecule has 1 aromatic heterocycles. The van der Waals surface area contributed by atoms with Gasteiger partial charge in [-0.15, -0.1) is 0 Å². The van der Waals surface area contributed by atoms with Crippen LogP contribution in [0.2, 0.25) is 0 Å². The number of hydrogen-bond donors (Lipinski definition) is 1. The Hall–Kier alpha value is -3.01. The first-order chi connectivity index (χ1) is 15.6. The molecule has 1 aliphatic rings. The van der Waals surface area contributed by atoms with Crippen molar-refractivity contribution < 1.29 is 19.1 Å². The van der Waals surface area contributed by atoms with E-state index in [0.29, 0.717) is 36.8 Å². The Morgan fingerprint density at radius 1 is 1.18 bits per heavy atom. The van der Waals surface area contributed by atoms with E-state index in [2.05, 4.69) is 31.2 Å². The minimum atomic E-state index is -0.637. The number of nitrogens with one attached hydrogen (secondary N) is 1. The van der Waals surface area contributed by atoms with Crippen LogP contribution in [0.25, 0.3) is 0 Å². The fraction of sp³-hybridized carbons (Fsp3) is 0.435. The van der Waals surface area contributed by atoms with Gasteiger partial charge >= 0.3 is 12.0 Å². The lowest BCUT2D eigenvalue weighted by molar-refractivity contribution is 0.0550. The summed E-state index contributed by atoms with van der Waals surface area (Å²) in [4.78, 5) is 50.8. The second-order valence-electron chi connectivity index (χ2n) is 8.23. The van der Waals surface area contributed by atoms with Crippen LogP contribution >= 0.6 is 15.9 Å². The number of methoxy groups -OCH3 is 1. The Kier molecular flexibility index (Phi) is 7.68. The molecule has 0 aliphatic carbocycles. The number of urea groups is 1. The molecule has 1 aliphatic heterocycles. The number of anilines is 1. The van der Waals surface area contributed by atoms with E-state index in [1.165, 1.54) is 7.11 Å². The Morgan fingerprint density at radius 3 is 2.48 bits per heavy atom. The van der Waals surface area contributed by atoms with Gasteiger partial charge in [0.15, 0.2) is 0 Å². The summed E-state index contributed by atoms with van der Waals surface area (Å²) < 4.78 is 5.71. The van der Waals surface area contributed by atoms with Gasteiger partial charge in [0.1, 0.15) is 17.1 Å². The maximum absolute atomic E-state index is 13.4. The van der Waals surface area contributed by atoms with E-state index < -0.39 is 5.97 Å². The van der Waals surface area contributed by atoms with Crippen LogP contribution in [0.4, 0.5) is 10.5 Å². The van der Waals surface area contributed by atoms with E-state index in [0.717, 1.165) is 4.47 Å². The zero-order chi connectivity index (χ0) is 24.3. The van der Waals surface area contributed by atoms with Gasteiger partial charge in [-0.25, -0.2) is 19.6 Å². The van der Waals surface area contributed by atoms with E-state index >= 15 is 0 Å². The number of aryl methyl sites for hydroxylation is 1. The highest BCUT2D eigenvalue weighted by Crippen LogP contribution is 2.25. The van der Waals surface area contributed by atoms with Crippen molar-refractivity contribution in [2.75, 3.05) is 32.1 Å². The van der Waals surface area contributed by atoms with Crippen molar-refractivity contribution in [3.05, 3.63) is 51.5 Å². The molecule has 2 aromatic rings. The zero-order valence-corrected chi connectivity index (χ0v) is 21.0. The lowest BCUT2D eigenvalue weighted by atomic mass is 10.0. The minimum Gasteiger partial charge on any atom is -0.465 e. The first kappa shape index (κ1) is 24.6. The molecular formula is C23H28BrN5O4. The van der Waals surface area contributed by atoms with E-state index in [-0.39, 0.29) is 35.2 Å². The molecule has 10 heteroatoms. The second kappa shape index (κ2) is 10.3. The smallest absolute Gasteiger partial charge is 0.342 e. The molecule has 1 fully saturated rings. The summed E-state index contributed by atoms with van der Waals surface area (Å²) >= 11 is 3.43. The van der Waals surface area contributed by atoms with Crippen molar-refractivity contribution in [2.24, 2.45) is 0 Å². The number of amides is 3. The molecule has 0 bridgehead atoms. The average Bonchev–Trinajstić information content (AvgIpc) is 2.78. The normalized spacial score (nSPS) is 16.0. The number of hydrogen-bond acceptors (Lipinski definition) is 6.